The number of guanidine groups is 1. The molecule has 0 bridgehead atoms. The minimum absolute atomic E-state index is 0.380. The Morgan fingerprint density at radius 1 is 1.45 bits per heavy atom. The number of rotatable bonds is 5. The molecular weight excluding hydrogens is 298 g/mol. The van der Waals surface area contributed by atoms with Gasteiger partial charge in [0.05, 0.1) is 5.02 Å². The average molecular weight is 322 g/mol. The summed E-state index contributed by atoms with van der Waals surface area (Å²) in [7, 11) is 1.83. The number of nitrogens with zero attached hydrogens (tertiary/aromatic N) is 3. The Kier molecular flexibility index (Phi) is 5.03. The van der Waals surface area contributed by atoms with E-state index >= 15 is 0 Å². The number of nitrogens with one attached hydrogen (secondary N) is 2. The summed E-state index contributed by atoms with van der Waals surface area (Å²) in [6.45, 7) is 2.88. The number of aliphatic imine (C=N–C) groups is 1. The SMILES string of the molecule is CN=C(NCCC1CC1)NC1CCN(c2ncccc2Cl)C1. The topological polar surface area (TPSA) is 52.6 Å². The number of anilines is 1. The number of hydrogen-bond acceptors (Lipinski definition) is 3. The van der Waals surface area contributed by atoms with E-state index in [9.17, 15) is 0 Å². The predicted octanol–water partition coefficient (Wildman–Crippen LogP) is 2.28. The lowest BCUT2D eigenvalue weighted by molar-refractivity contribution is 0.632. The molecule has 3 rings (SSSR count). The molecule has 1 atom stereocenters. The molecule has 1 saturated heterocycles. The molecule has 0 amide bonds. The van der Waals surface area contributed by atoms with Crippen molar-refractivity contribution in [1.29, 1.82) is 0 Å². The van der Waals surface area contributed by atoms with Crippen molar-refractivity contribution in [1.82, 2.24) is 15.6 Å². The molecule has 6 heteroatoms. The van der Waals surface area contributed by atoms with Gasteiger partial charge in [0.1, 0.15) is 5.82 Å². The maximum atomic E-state index is 6.23. The quantitative estimate of drug-likeness (QED) is 0.645. The third-order valence-corrected chi connectivity index (χ3v) is 4.63. The predicted molar refractivity (Wildman–Crippen MR) is 91.7 cm³/mol. The third kappa shape index (κ3) is 4.03. The zero-order valence-corrected chi connectivity index (χ0v) is 13.8. The molecular formula is C16H24ClN5. The fraction of sp³-hybridized carbons (Fsp3) is 0.625. The van der Waals surface area contributed by atoms with Gasteiger partial charge < -0.3 is 15.5 Å². The summed E-state index contributed by atoms with van der Waals surface area (Å²) in [6, 6.07) is 4.14. The van der Waals surface area contributed by atoms with Gasteiger partial charge in [0.2, 0.25) is 0 Å². The van der Waals surface area contributed by atoms with Gasteiger partial charge in [-0.15, -0.1) is 0 Å². The van der Waals surface area contributed by atoms with Crippen molar-refractivity contribution in [2.45, 2.75) is 31.7 Å². The molecule has 0 radical (unpaired) electrons. The van der Waals surface area contributed by atoms with E-state index < -0.39 is 0 Å². The molecule has 120 valence electrons. The van der Waals surface area contributed by atoms with Crippen molar-refractivity contribution in [3.8, 4) is 0 Å². The summed E-state index contributed by atoms with van der Waals surface area (Å²) in [5.41, 5.74) is 0. The number of halogens is 1. The zero-order chi connectivity index (χ0) is 15.4. The fourth-order valence-corrected chi connectivity index (χ4v) is 3.11. The Hall–Kier alpha value is -1.49. The number of hydrogen-bond donors (Lipinski definition) is 2. The number of pyridine rings is 1. The van der Waals surface area contributed by atoms with Crippen LogP contribution in [-0.2, 0) is 0 Å². The second kappa shape index (κ2) is 7.18. The summed E-state index contributed by atoms with van der Waals surface area (Å²) in [4.78, 5) is 10.9. The highest BCUT2D eigenvalue weighted by atomic mass is 35.5. The van der Waals surface area contributed by atoms with Crippen molar-refractivity contribution in [2.75, 3.05) is 31.6 Å². The Bertz CT molecular complexity index is 529. The van der Waals surface area contributed by atoms with Gasteiger partial charge in [0, 0.05) is 38.9 Å². The molecule has 5 nitrogen and oxygen atoms in total. The smallest absolute Gasteiger partial charge is 0.191 e. The van der Waals surface area contributed by atoms with Crippen LogP contribution in [0.5, 0.6) is 0 Å². The molecule has 1 unspecified atom stereocenters. The van der Waals surface area contributed by atoms with E-state index in [1.165, 1.54) is 19.3 Å². The molecule has 2 heterocycles. The van der Waals surface area contributed by atoms with Gasteiger partial charge in [0.25, 0.3) is 0 Å². The Morgan fingerprint density at radius 3 is 3.05 bits per heavy atom. The standard InChI is InChI=1S/C16H24ClN5/c1-18-16(20-9-6-12-4-5-12)21-13-7-10-22(11-13)15-14(17)3-2-8-19-15/h2-3,8,12-13H,4-7,9-11H2,1H3,(H2,18,20,21). The van der Waals surface area contributed by atoms with Gasteiger partial charge in [-0.25, -0.2) is 4.98 Å². The van der Waals surface area contributed by atoms with E-state index in [4.69, 9.17) is 11.6 Å². The molecule has 1 aromatic heterocycles. The van der Waals surface area contributed by atoms with Crippen LogP contribution in [0.25, 0.3) is 0 Å². The lowest BCUT2D eigenvalue weighted by Crippen LogP contribution is -2.45. The van der Waals surface area contributed by atoms with Crippen LogP contribution in [0.1, 0.15) is 25.7 Å². The maximum Gasteiger partial charge on any atom is 0.191 e. The molecule has 0 spiro atoms. The van der Waals surface area contributed by atoms with Crippen LogP contribution in [0.15, 0.2) is 23.3 Å². The van der Waals surface area contributed by atoms with Gasteiger partial charge in [-0.3, -0.25) is 4.99 Å². The molecule has 1 aromatic rings. The second-order valence-corrected chi connectivity index (χ2v) is 6.52. The maximum absolute atomic E-state index is 6.23. The van der Waals surface area contributed by atoms with Crippen molar-refractivity contribution >= 4 is 23.4 Å². The fourth-order valence-electron chi connectivity index (χ4n) is 2.87. The first-order chi connectivity index (χ1) is 10.8. The first-order valence-electron chi connectivity index (χ1n) is 8.09. The van der Waals surface area contributed by atoms with Gasteiger partial charge >= 0.3 is 0 Å². The highest BCUT2D eigenvalue weighted by Crippen LogP contribution is 2.31. The largest absolute Gasteiger partial charge is 0.356 e. The van der Waals surface area contributed by atoms with Gasteiger partial charge in [-0.2, -0.15) is 0 Å². The average Bonchev–Trinajstić information content (AvgIpc) is 3.24. The van der Waals surface area contributed by atoms with Crippen LogP contribution in [0, 0.1) is 5.92 Å². The van der Waals surface area contributed by atoms with E-state index in [0.717, 1.165) is 48.8 Å². The molecule has 1 saturated carbocycles. The third-order valence-electron chi connectivity index (χ3n) is 4.33. The highest BCUT2D eigenvalue weighted by Gasteiger charge is 2.25. The van der Waals surface area contributed by atoms with Gasteiger partial charge in [0.15, 0.2) is 5.96 Å². The van der Waals surface area contributed by atoms with Crippen LogP contribution in [0.3, 0.4) is 0 Å². The monoisotopic (exact) mass is 321 g/mol. The normalized spacial score (nSPS) is 22.0. The highest BCUT2D eigenvalue weighted by molar-refractivity contribution is 6.32. The van der Waals surface area contributed by atoms with Crippen LogP contribution < -0.4 is 15.5 Å². The van der Waals surface area contributed by atoms with Crippen LogP contribution in [0.4, 0.5) is 5.82 Å². The Labute approximate surface area is 137 Å². The van der Waals surface area contributed by atoms with E-state index in [-0.39, 0.29) is 0 Å². The van der Waals surface area contributed by atoms with Crippen LogP contribution in [0.2, 0.25) is 5.02 Å². The molecule has 2 N–H and O–H groups in total. The Balaban J connectivity index is 1.48. The minimum Gasteiger partial charge on any atom is -0.356 e. The summed E-state index contributed by atoms with van der Waals surface area (Å²) < 4.78 is 0. The Morgan fingerprint density at radius 2 is 2.32 bits per heavy atom. The van der Waals surface area contributed by atoms with Crippen molar-refractivity contribution in [2.24, 2.45) is 10.9 Å². The molecule has 2 fully saturated rings. The minimum atomic E-state index is 0.380. The van der Waals surface area contributed by atoms with Crippen molar-refractivity contribution in [3.63, 3.8) is 0 Å². The number of aromatic nitrogens is 1. The van der Waals surface area contributed by atoms with E-state index in [0.29, 0.717) is 6.04 Å². The van der Waals surface area contributed by atoms with E-state index in [1.54, 1.807) is 6.20 Å². The van der Waals surface area contributed by atoms with Crippen LogP contribution >= 0.6 is 11.6 Å². The molecule has 1 aliphatic heterocycles. The van der Waals surface area contributed by atoms with Crippen LogP contribution in [-0.4, -0.2) is 43.7 Å². The lowest BCUT2D eigenvalue weighted by Gasteiger charge is -2.20. The summed E-state index contributed by atoms with van der Waals surface area (Å²) >= 11 is 6.23. The van der Waals surface area contributed by atoms with Crippen molar-refractivity contribution in [3.05, 3.63) is 23.4 Å². The second-order valence-electron chi connectivity index (χ2n) is 6.12. The van der Waals surface area contributed by atoms with E-state index in [2.05, 4.69) is 25.5 Å². The molecule has 1 aliphatic carbocycles. The molecule has 0 aromatic carbocycles. The van der Waals surface area contributed by atoms with Crippen molar-refractivity contribution < 1.29 is 0 Å². The first kappa shape index (κ1) is 15.4. The van der Waals surface area contributed by atoms with Gasteiger partial charge in [-0.05, 0) is 30.9 Å². The van der Waals surface area contributed by atoms with Gasteiger partial charge in [-0.1, -0.05) is 24.4 Å². The summed E-state index contributed by atoms with van der Waals surface area (Å²) in [5, 5.41) is 7.64. The van der Waals surface area contributed by atoms with E-state index in [1.807, 2.05) is 19.2 Å². The lowest BCUT2D eigenvalue weighted by atomic mass is 10.2. The summed E-state index contributed by atoms with van der Waals surface area (Å²) in [5.74, 6) is 2.73. The zero-order valence-electron chi connectivity index (χ0n) is 13.1. The summed E-state index contributed by atoms with van der Waals surface area (Å²) in [6.07, 6.45) is 6.91. The first-order valence-corrected chi connectivity index (χ1v) is 8.46. The molecule has 22 heavy (non-hydrogen) atoms. The molecule has 2 aliphatic rings.